The lowest BCUT2D eigenvalue weighted by Crippen LogP contribution is -2.09. The Morgan fingerprint density at radius 2 is 2.17 bits per heavy atom. The smallest absolute Gasteiger partial charge is 0.345 e. The van der Waals surface area contributed by atoms with E-state index in [2.05, 4.69) is 14.7 Å². The molecule has 1 unspecified atom stereocenters. The van der Waals surface area contributed by atoms with E-state index in [0.717, 1.165) is 7.11 Å². The maximum absolute atomic E-state index is 13.0. The summed E-state index contributed by atoms with van der Waals surface area (Å²) in [7, 11) is 1.12. The maximum Gasteiger partial charge on any atom is 0.345 e. The highest BCUT2D eigenvalue weighted by Gasteiger charge is 2.20. The van der Waals surface area contributed by atoms with Gasteiger partial charge in [-0.25, -0.2) is 19.2 Å². The SMILES string of the molecule is COC(=O)C(F)c1cncnc1. The Morgan fingerprint density at radius 1 is 1.58 bits per heavy atom. The second kappa shape index (κ2) is 3.75. The molecular weight excluding hydrogens is 163 g/mol. The second-order valence-electron chi connectivity index (χ2n) is 2.06. The third-order valence-corrected chi connectivity index (χ3v) is 1.28. The van der Waals surface area contributed by atoms with Gasteiger partial charge in [-0.15, -0.1) is 0 Å². The standard InChI is InChI=1S/C7H7FN2O2/c1-12-7(11)6(8)5-2-9-4-10-3-5/h2-4,6H,1H3. The van der Waals surface area contributed by atoms with Gasteiger partial charge >= 0.3 is 5.97 Å². The van der Waals surface area contributed by atoms with Gasteiger partial charge in [0.15, 0.2) is 0 Å². The van der Waals surface area contributed by atoms with Gasteiger partial charge in [-0.1, -0.05) is 0 Å². The lowest BCUT2D eigenvalue weighted by molar-refractivity contribution is -0.146. The summed E-state index contributed by atoms with van der Waals surface area (Å²) in [6.45, 7) is 0. The molecule has 4 nitrogen and oxygen atoms in total. The van der Waals surface area contributed by atoms with Crippen LogP contribution in [-0.2, 0) is 9.53 Å². The number of carbonyl (C=O) groups is 1. The van der Waals surface area contributed by atoms with Gasteiger partial charge in [0.05, 0.1) is 7.11 Å². The molecule has 0 aliphatic rings. The summed E-state index contributed by atoms with van der Waals surface area (Å²) in [5.41, 5.74) is 0.101. The van der Waals surface area contributed by atoms with Crippen molar-refractivity contribution >= 4 is 5.97 Å². The molecule has 0 aromatic carbocycles. The third kappa shape index (κ3) is 1.75. The number of esters is 1. The normalized spacial score (nSPS) is 12.2. The van der Waals surface area contributed by atoms with E-state index < -0.39 is 12.1 Å². The fourth-order valence-corrected chi connectivity index (χ4v) is 0.681. The molecule has 5 heteroatoms. The number of ether oxygens (including phenoxy) is 1. The van der Waals surface area contributed by atoms with Gasteiger partial charge in [0, 0.05) is 18.0 Å². The molecule has 1 rings (SSSR count). The Morgan fingerprint density at radius 3 is 2.67 bits per heavy atom. The Kier molecular flexibility index (Phi) is 2.68. The molecule has 0 fully saturated rings. The van der Waals surface area contributed by atoms with E-state index in [0.29, 0.717) is 0 Å². The number of alkyl halides is 1. The van der Waals surface area contributed by atoms with Gasteiger partial charge in [0.2, 0.25) is 6.17 Å². The lowest BCUT2D eigenvalue weighted by Gasteiger charge is -2.03. The van der Waals surface area contributed by atoms with Crippen molar-refractivity contribution < 1.29 is 13.9 Å². The molecule has 0 N–H and O–H groups in total. The van der Waals surface area contributed by atoms with Gasteiger partial charge in [-0.2, -0.15) is 0 Å². The highest BCUT2D eigenvalue weighted by atomic mass is 19.1. The van der Waals surface area contributed by atoms with Crippen LogP contribution in [0.2, 0.25) is 0 Å². The van der Waals surface area contributed by atoms with E-state index in [1.165, 1.54) is 18.7 Å². The van der Waals surface area contributed by atoms with Crippen molar-refractivity contribution in [3.63, 3.8) is 0 Å². The largest absolute Gasteiger partial charge is 0.467 e. The minimum Gasteiger partial charge on any atom is -0.467 e. The zero-order valence-corrected chi connectivity index (χ0v) is 6.40. The summed E-state index contributed by atoms with van der Waals surface area (Å²) in [6.07, 6.45) is 1.92. The van der Waals surface area contributed by atoms with Crippen LogP contribution in [0.1, 0.15) is 11.7 Å². The van der Waals surface area contributed by atoms with Crippen LogP contribution in [0.15, 0.2) is 18.7 Å². The van der Waals surface area contributed by atoms with Crippen LogP contribution >= 0.6 is 0 Å². The molecule has 1 heterocycles. The van der Waals surface area contributed by atoms with Crippen LogP contribution in [0.25, 0.3) is 0 Å². The second-order valence-corrected chi connectivity index (χ2v) is 2.06. The Labute approximate surface area is 68.4 Å². The molecule has 12 heavy (non-hydrogen) atoms. The van der Waals surface area contributed by atoms with Gasteiger partial charge < -0.3 is 4.74 Å². The zero-order valence-electron chi connectivity index (χ0n) is 6.40. The lowest BCUT2D eigenvalue weighted by atomic mass is 10.2. The number of hydrogen-bond acceptors (Lipinski definition) is 4. The quantitative estimate of drug-likeness (QED) is 0.612. The van der Waals surface area contributed by atoms with Crippen molar-refractivity contribution in [3.8, 4) is 0 Å². The van der Waals surface area contributed by atoms with Crippen LogP contribution in [-0.4, -0.2) is 23.0 Å². The summed E-state index contributed by atoms with van der Waals surface area (Å²) in [4.78, 5) is 17.8. The highest BCUT2D eigenvalue weighted by Crippen LogP contribution is 2.15. The predicted molar refractivity (Wildman–Crippen MR) is 37.9 cm³/mol. The van der Waals surface area contributed by atoms with Gasteiger partial charge in [0.1, 0.15) is 6.33 Å². The predicted octanol–water partition coefficient (Wildman–Crippen LogP) is 0.660. The minimum atomic E-state index is -1.80. The molecule has 0 bridgehead atoms. The van der Waals surface area contributed by atoms with Crippen molar-refractivity contribution in [2.45, 2.75) is 6.17 Å². The van der Waals surface area contributed by atoms with Crippen LogP contribution < -0.4 is 0 Å². The number of rotatable bonds is 2. The van der Waals surface area contributed by atoms with E-state index >= 15 is 0 Å². The van der Waals surface area contributed by atoms with E-state index in [9.17, 15) is 9.18 Å². The van der Waals surface area contributed by atoms with Crippen molar-refractivity contribution in [1.29, 1.82) is 0 Å². The average Bonchev–Trinajstić information content (AvgIpc) is 2.17. The first-order valence-electron chi connectivity index (χ1n) is 3.22. The molecular formula is C7H7FN2O2. The summed E-state index contributed by atoms with van der Waals surface area (Å²) in [6, 6.07) is 0. The van der Waals surface area contributed by atoms with Crippen LogP contribution in [0.5, 0.6) is 0 Å². The summed E-state index contributed by atoms with van der Waals surface area (Å²) in [5.74, 6) is -0.940. The van der Waals surface area contributed by atoms with E-state index in [1.807, 2.05) is 0 Å². The number of aromatic nitrogens is 2. The topological polar surface area (TPSA) is 52.1 Å². The third-order valence-electron chi connectivity index (χ3n) is 1.28. The first kappa shape index (κ1) is 8.58. The van der Waals surface area contributed by atoms with Gasteiger partial charge in [-0.05, 0) is 0 Å². The first-order chi connectivity index (χ1) is 5.75. The maximum atomic E-state index is 13.0. The molecule has 0 saturated heterocycles. The van der Waals surface area contributed by atoms with Crippen LogP contribution in [0, 0.1) is 0 Å². The molecule has 0 radical (unpaired) electrons. The molecule has 0 amide bonds. The van der Waals surface area contributed by atoms with E-state index in [1.54, 1.807) is 0 Å². The molecule has 1 aromatic heterocycles. The van der Waals surface area contributed by atoms with Crippen molar-refractivity contribution in [1.82, 2.24) is 9.97 Å². The fourth-order valence-electron chi connectivity index (χ4n) is 0.681. The van der Waals surface area contributed by atoms with Crippen molar-refractivity contribution in [2.75, 3.05) is 7.11 Å². The van der Waals surface area contributed by atoms with Crippen LogP contribution in [0.3, 0.4) is 0 Å². The molecule has 0 spiro atoms. The highest BCUT2D eigenvalue weighted by molar-refractivity contribution is 5.75. The zero-order chi connectivity index (χ0) is 8.97. The summed E-state index contributed by atoms with van der Waals surface area (Å²) < 4.78 is 17.2. The minimum absolute atomic E-state index is 0.101. The number of nitrogens with zero attached hydrogens (tertiary/aromatic N) is 2. The number of carbonyl (C=O) groups excluding carboxylic acids is 1. The molecule has 0 aliphatic carbocycles. The van der Waals surface area contributed by atoms with Crippen molar-refractivity contribution in [3.05, 3.63) is 24.3 Å². The van der Waals surface area contributed by atoms with Gasteiger partial charge in [-0.3, -0.25) is 0 Å². The number of hydrogen-bond donors (Lipinski definition) is 0. The van der Waals surface area contributed by atoms with Crippen molar-refractivity contribution in [2.24, 2.45) is 0 Å². The average molecular weight is 170 g/mol. The molecule has 0 aliphatic heterocycles. The monoisotopic (exact) mass is 170 g/mol. The Balaban J connectivity index is 2.78. The Hall–Kier alpha value is -1.52. The summed E-state index contributed by atoms with van der Waals surface area (Å²) >= 11 is 0. The number of methoxy groups -OCH3 is 1. The Bertz CT molecular complexity index is 265. The van der Waals surface area contributed by atoms with Gasteiger partial charge in [0.25, 0.3) is 0 Å². The first-order valence-corrected chi connectivity index (χ1v) is 3.22. The molecule has 1 aromatic rings. The van der Waals surface area contributed by atoms with Crippen LogP contribution in [0.4, 0.5) is 4.39 Å². The molecule has 64 valence electrons. The van der Waals surface area contributed by atoms with E-state index in [4.69, 9.17) is 0 Å². The number of halogens is 1. The van der Waals surface area contributed by atoms with E-state index in [-0.39, 0.29) is 5.56 Å². The molecule has 0 saturated carbocycles. The fraction of sp³-hybridized carbons (Fsp3) is 0.286. The summed E-state index contributed by atoms with van der Waals surface area (Å²) in [5, 5.41) is 0. The molecule has 1 atom stereocenters.